The Bertz CT molecular complexity index is 517. The first-order chi connectivity index (χ1) is 8.22. The number of rotatable bonds is 5. The van der Waals surface area contributed by atoms with Crippen molar-refractivity contribution in [3.05, 3.63) is 22.7 Å². The molecule has 1 rings (SSSR count). The lowest BCUT2D eigenvalue weighted by atomic mass is 10.3. The van der Waals surface area contributed by atoms with Crippen LogP contribution in [0.5, 0.6) is 0 Å². The molecule has 0 bridgehead atoms. The Labute approximate surface area is 117 Å². The van der Waals surface area contributed by atoms with Crippen LogP contribution in [0.2, 0.25) is 0 Å². The predicted octanol–water partition coefficient (Wildman–Crippen LogP) is 1.26. The fraction of sp³-hybridized carbons (Fsp3) is 0.455. The molecule has 0 radical (unpaired) electrons. The van der Waals surface area contributed by atoms with E-state index in [2.05, 4.69) is 20.7 Å². The van der Waals surface area contributed by atoms with Crippen LogP contribution in [0, 0.1) is 0 Å². The third kappa shape index (κ3) is 4.24. The van der Waals surface area contributed by atoms with E-state index in [0.717, 1.165) is 0 Å². The first kappa shape index (κ1) is 15.4. The quantitative estimate of drug-likeness (QED) is 0.794. The van der Waals surface area contributed by atoms with Crippen LogP contribution in [0.25, 0.3) is 0 Å². The molecule has 0 spiro atoms. The van der Waals surface area contributed by atoms with Crippen LogP contribution in [0.15, 0.2) is 27.6 Å². The summed E-state index contributed by atoms with van der Waals surface area (Å²) >= 11 is 3.22. The summed E-state index contributed by atoms with van der Waals surface area (Å²) in [6.07, 6.45) is 0. The Morgan fingerprint density at radius 2 is 2.06 bits per heavy atom. The van der Waals surface area contributed by atoms with Crippen molar-refractivity contribution in [2.24, 2.45) is 0 Å². The van der Waals surface area contributed by atoms with E-state index in [-0.39, 0.29) is 10.9 Å². The molecule has 1 atom stereocenters. The topological polar surface area (TPSA) is 75.4 Å². The van der Waals surface area contributed by atoms with Gasteiger partial charge in [-0.15, -0.1) is 0 Å². The summed E-state index contributed by atoms with van der Waals surface area (Å²) in [7, 11) is 0.280. The molecule has 0 aliphatic rings. The smallest absolute Gasteiger partial charge is 0.240 e. The van der Waals surface area contributed by atoms with Crippen molar-refractivity contribution in [1.82, 2.24) is 9.62 Å². The maximum Gasteiger partial charge on any atom is 0.240 e. The molecule has 0 heterocycles. The molecule has 0 aromatic heterocycles. The van der Waals surface area contributed by atoms with Crippen LogP contribution in [-0.2, 0) is 10.0 Å². The van der Waals surface area contributed by atoms with Crippen LogP contribution in [0.4, 0.5) is 5.69 Å². The van der Waals surface area contributed by atoms with E-state index < -0.39 is 10.0 Å². The predicted molar refractivity (Wildman–Crippen MR) is 76.9 cm³/mol. The van der Waals surface area contributed by atoms with Crippen molar-refractivity contribution in [2.45, 2.75) is 17.9 Å². The normalized spacial score (nSPS) is 13.8. The molecular formula is C11H18BrN3O2S. The van der Waals surface area contributed by atoms with Crippen LogP contribution < -0.4 is 10.5 Å². The highest BCUT2D eigenvalue weighted by atomic mass is 79.9. The second-order valence-corrected chi connectivity index (χ2v) is 7.04. The molecule has 7 heteroatoms. The zero-order chi connectivity index (χ0) is 13.9. The summed E-state index contributed by atoms with van der Waals surface area (Å²) in [4.78, 5) is 2.13. The zero-order valence-electron chi connectivity index (χ0n) is 10.6. The van der Waals surface area contributed by atoms with Gasteiger partial charge in [0.1, 0.15) is 0 Å². The number of nitrogens with two attached hydrogens (primary N) is 1. The van der Waals surface area contributed by atoms with E-state index in [0.29, 0.717) is 16.7 Å². The monoisotopic (exact) mass is 335 g/mol. The molecule has 3 N–H and O–H groups in total. The number of likely N-dealkylation sites (N-methyl/N-ethyl adjacent to an activating group) is 1. The molecule has 1 aromatic carbocycles. The molecule has 0 fully saturated rings. The minimum atomic E-state index is -3.51. The van der Waals surface area contributed by atoms with Gasteiger partial charge in [0.25, 0.3) is 0 Å². The van der Waals surface area contributed by atoms with Crippen LogP contribution in [0.3, 0.4) is 0 Å². The van der Waals surface area contributed by atoms with E-state index in [1.54, 1.807) is 6.07 Å². The van der Waals surface area contributed by atoms with Gasteiger partial charge in [0.2, 0.25) is 10.0 Å². The second kappa shape index (κ2) is 6.01. The van der Waals surface area contributed by atoms with Crippen molar-refractivity contribution in [3.63, 3.8) is 0 Å². The molecule has 0 aliphatic heterocycles. The Kier molecular flexibility index (Phi) is 5.15. The fourth-order valence-corrected chi connectivity index (χ4v) is 3.38. The highest BCUT2D eigenvalue weighted by Gasteiger charge is 2.18. The van der Waals surface area contributed by atoms with Crippen molar-refractivity contribution in [3.8, 4) is 0 Å². The maximum atomic E-state index is 12.1. The SMILES string of the molecule is CC(CN(C)C)NS(=O)(=O)c1ccc(N)c(Br)c1. The summed E-state index contributed by atoms with van der Waals surface area (Å²) in [6, 6.07) is 4.39. The highest BCUT2D eigenvalue weighted by molar-refractivity contribution is 9.10. The van der Waals surface area contributed by atoms with Gasteiger partial charge in [-0.1, -0.05) is 0 Å². The summed E-state index contributed by atoms with van der Waals surface area (Å²) in [6.45, 7) is 2.46. The number of nitrogens with zero attached hydrogens (tertiary/aromatic N) is 1. The van der Waals surface area contributed by atoms with Crippen molar-refractivity contribution < 1.29 is 8.42 Å². The molecule has 1 unspecified atom stereocenters. The van der Waals surface area contributed by atoms with Crippen molar-refractivity contribution in [1.29, 1.82) is 0 Å². The van der Waals surface area contributed by atoms with Gasteiger partial charge in [-0.3, -0.25) is 0 Å². The first-order valence-electron chi connectivity index (χ1n) is 5.44. The van der Waals surface area contributed by atoms with Crippen molar-refractivity contribution in [2.75, 3.05) is 26.4 Å². The van der Waals surface area contributed by atoms with E-state index in [1.165, 1.54) is 12.1 Å². The largest absolute Gasteiger partial charge is 0.398 e. The number of anilines is 1. The van der Waals surface area contributed by atoms with Crippen LogP contribution in [-0.4, -0.2) is 40.0 Å². The molecule has 0 aliphatic carbocycles. The number of sulfonamides is 1. The molecule has 1 aromatic rings. The average molecular weight is 336 g/mol. The number of halogens is 1. The highest BCUT2D eigenvalue weighted by Crippen LogP contribution is 2.23. The van der Waals surface area contributed by atoms with Gasteiger partial charge in [0, 0.05) is 22.7 Å². The lowest BCUT2D eigenvalue weighted by molar-refractivity contribution is 0.370. The molecule has 5 nitrogen and oxygen atoms in total. The molecule has 0 saturated carbocycles. The van der Waals surface area contributed by atoms with Crippen LogP contribution in [0.1, 0.15) is 6.92 Å². The lowest BCUT2D eigenvalue weighted by Gasteiger charge is -2.18. The minimum absolute atomic E-state index is 0.165. The fourth-order valence-electron chi connectivity index (χ4n) is 1.59. The standard InChI is InChI=1S/C11H18BrN3O2S/c1-8(7-15(2)3)14-18(16,17)9-4-5-11(13)10(12)6-9/h4-6,8,14H,7,13H2,1-3H3. The number of hydrogen-bond acceptors (Lipinski definition) is 4. The van der Waals surface area contributed by atoms with Gasteiger partial charge in [-0.2, -0.15) is 0 Å². The van der Waals surface area contributed by atoms with Gasteiger partial charge in [0.05, 0.1) is 4.90 Å². The number of nitrogen functional groups attached to an aromatic ring is 1. The summed E-state index contributed by atoms with van der Waals surface area (Å²) in [5.74, 6) is 0. The van der Waals surface area contributed by atoms with E-state index in [4.69, 9.17) is 5.73 Å². The minimum Gasteiger partial charge on any atom is -0.398 e. The maximum absolute atomic E-state index is 12.1. The Balaban J connectivity index is 2.89. The van der Waals surface area contributed by atoms with E-state index in [9.17, 15) is 8.42 Å². The summed E-state index contributed by atoms with van der Waals surface area (Å²) in [5, 5.41) is 0. The van der Waals surface area contributed by atoms with Gasteiger partial charge in [-0.25, -0.2) is 13.1 Å². The molecule has 0 saturated heterocycles. The van der Waals surface area contributed by atoms with Gasteiger partial charge < -0.3 is 10.6 Å². The first-order valence-corrected chi connectivity index (χ1v) is 7.72. The van der Waals surface area contributed by atoms with Crippen molar-refractivity contribution >= 4 is 31.6 Å². The molecular weight excluding hydrogens is 318 g/mol. The van der Waals surface area contributed by atoms with E-state index in [1.807, 2.05) is 25.9 Å². The Morgan fingerprint density at radius 1 is 1.44 bits per heavy atom. The Hall–Kier alpha value is -0.630. The second-order valence-electron chi connectivity index (χ2n) is 4.47. The summed E-state index contributed by atoms with van der Waals surface area (Å²) < 4.78 is 27.4. The van der Waals surface area contributed by atoms with Crippen LogP contribution >= 0.6 is 15.9 Å². The molecule has 102 valence electrons. The number of benzene rings is 1. The average Bonchev–Trinajstić information content (AvgIpc) is 2.19. The number of nitrogens with one attached hydrogen (secondary N) is 1. The van der Waals surface area contributed by atoms with Gasteiger partial charge in [-0.05, 0) is 55.1 Å². The third-order valence-corrected chi connectivity index (χ3v) is 4.55. The van der Waals surface area contributed by atoms with E-state index >= 15 is 0 Å². The third-order valence-electron chi connectivity index (χ3n) is 2.28. The Morgan fingerprint density at radius 3 is 2.56 bits per heavy atom. The number of hydrogen-bond donors (Lipinski definition) is 2. The lowest BCUT2D eigenvalue weighted by Crippen LogP contribution is -2.39. The molecule has 18 heavy (non-hydrogen) atoms. The van der Waals surface area contributed by atoms with Gasteiger partial charge in [0.15, 0.2) is 0 Å². The van der Waals surface area contributed by atoms with Gasteiger partial charge >= 0.3 is 0 Å². The summed E-state index contributed by atoms with van der Waals surface area (Å²) in [5.41, 5.74) is 6.14. The molecule has 0 amide bonds. The zero-order valence-corrected chi connectivity index (χ0v) is 13.0.